The molecule has 0 spiro atoms. The Hall–Kier alpha value is -1.77. The molecule has 1 unspecified atom stereocenters. The molecule has 1 aliphatic rings. The Kier molecular flexibility index (Phi) is 3.98. The van der Waals surface area contributed by atoms with Crippen LogP contribution in [-0.2, 0) is 10.0 Å². The molecular formula is C14H15N3O3S2. The van der Waals surface area contributed by atoms with Crippen molar-refractivity contribution in [3.8, 4) is 0 Å². The van der Waals surface area contributed by atoms with Crippen molar-refractivity contribution in [1.29, 1.82) is 0 Å². The van der Waals surface area contributed by atoms with E-state index in [1.165, 1.54) is 6.07 Å². The van der Waals surface area contributed by atoms with Crippen LogP contribution >= 0.6 is 11.3 Å². The first-order valence-electron chi connectivity index (χ1n) is 6.80. The first kappa shape index (κ1) is 15.1. The molecule has 2 N–H and O–H groups in total. The Balaban J connectivity index is 1.94. The minimum atomic E-state index is -3.90. The quantitative estimate of drug-likeness (QED) is 0.923. The first-order chi connectivity index (χ1) is 10.5. The maximum Gasteiger partial charge on any atom is 0.265 e. The molecule has 22 heavy (non-hydrogen) atoms. The van der Waals surface area contributed by atoms with E-state index in [9.17, 15) is 13.2 Å². The number of nitrogens with zero attached hydrogens (tertiary/aromatic N) is 2. The highest BCUT2D eigenvalue weighted by atomic mass is 32.2. The average Bonchev–Trinajstić information content (AvgIpc) is 3.16. The highest BCUT2D eigenvalue weighted by Gasteiger charge is 2.34. The van der Waals surface area contributed by atoms with Crippen molar-refractivity contribution < 1.29 is 13.2 Å². The Morgan fingerprint density at radius 2 is 2.18 bits per heavy atom. The zero-order chi connectivity index (χ0) is 15.7. The Morgan fingerprint density at radius 1 is 1.36 bits per heavy atom. The van der Waals surface area contributed by atoms with Crippen molar-refractivity contribution >= 4 is 27.3 Å². The monoisotopic (exact) mass is 337 g/mol. The third-order valence-corrected chi connectivity index (χ3v) is 5.66. The predicted octanol–water partition coefficient (Wildman–Crippen LogP) is 1.77. The molecule has 0 aliphatic carbocycles. The summed E-state index contributed by atoms with van der Waals surface area (Å²) in [7, 11) is -3.90. The smallest absolute Gasteiger partial charge is 0.265 e. The third kappa shape index (κ3) is 2.77. The second kappa shape index (κ2) is 5.79. The number of carbonyl (C=O) groups is 1. The van der Waals surface area contributed by atoms with Crippen molar-refractivity contribution in [3.63, 3.8) is 0 Å². The summed E-state index contributed by atoms with van der Waals surface area (Å²) >= 11 is 1.10. The topological polar surface area (TPSA) is 93.4 Å². The molecule has 1 amide bonds. The molecule has 0 aromatic carbocycles. The van der Waals surface area contributed by atoms with Crippen LogP contribution in [0.4, 0.5) is 0 Å². The summed E-state index contributed by atoms with van der Waals surface area (Å²) in [5, 5.41) is 6.75. The van der Waals surface area contributed by atoms with Gasteiger partial charge in [-0.1, -0.05) is 6.07 Å². The molecule has 0 saturated carbocycles. The number of aromatic nitrogens is 1. The molecule has 116 valence electrons. The van der Waals surface area contributed by atoms with Gasteiger partial charge in [-0.05, 0) is 36.4 Å². The van der Waals surface area contributed by atoms with Crippen molar-refractivity contribution in [1.82, 2.24) is 9.88 Å². The highest BCUT2D eigenvalue weighted by Crippen LogP contribution is 2.34. The lowest BCUT2D eigenvalue weighted by molar-refractivity contribution is 0.0734. The third-order valence-electron chi connectivity index (χ3n) is 3.67. The lowest BCUT2D eigenvalue weighted by atomic mass is 10.1. The summed E-state index contributed by atoms with van der Waals surface area (Å²) in [6, 6.07) is 6.83. The van der Waals surface area contributed by atoms with Crippen molar-refractivity contribution in [3.05, 3.63) is 46.4 Å². The first-order valence-corrected chi connectivity index (χ1v) is 9.23. The van der Waals surface area contributed by atoms with E-state index in [1.807, 2.05) is 18.2 Å². The van der Waals surface area contributed by atoms with Gasteiger partial charge in [-0.25, -0.2) is 13.6 Å². The van der Waals surface area contributed by atoms with Gasteiger partial charge in [-0.2, -0.15) is 0 Å². The highest BCUT2D eigenvalue weighted by molar-refractivity contribution is 7.89. The maximum absolute atomic E-state index is 12.7. The Bertz CT molecular complexity index is 787. The van der Waals surface area contributed by atoms with E-state index < -0.39 is 10.0 Å². The second-order valence-corrected chi connectivity index (χ2v) is 7.52. The van der Waals surface area contributed by atoms with Crippen LogP contribution in [0.3, 0.4) is 0 Å². The predicted molar refractivity (Wildman–Crippen MR) is 82.9 cm³/mol. The van der Waals surface area contributed by atoms with E-state index in [1.54, 1.807) is 16.5 Å². The summed E-state index contributed by atoms with van der Waals surface area (Å²) in [6.45, 7) is 0.585. The number of carbonyl (C=O) groups excluding carboxylic acids is 1. The number of likely N-dealkylation sites (tertiary alicyclic amines) is 1. The largest absolute Gasteiger partial charge is 0.329 e. The van der Waals surface area contributed by atoms with Gasteiger partial charge in [0.15, 0.2) is 0 Å². The minimum Gasteiger partial charge on any atom is -0.329 e. The number of primary sulfonamides is 1. The lowest BCUT2D eigenvalue weighted by Crippen LogP contribution is -2.31. The van der Waals surface area contributed by atoms with Gasteiger partial charge >= 0.3 is 0 Å². The zero-order valence-electron chi connectivity index (χ0n) is 11.7. The fraction of sp³-hybridized carbons (Fsp3) is 0.286. The number of hydrogen-bond acceptors (Lipinski definition) is 5. The zero-order valence-corrected chi connectivity index (χ0v) is 13.3. The molecule has 6 nitrogen and oxygen atoms in total. The molecule has 1 saturated heterocycles. The SMILES string of the molecule is NS(=O)(=O)c1ccsc1C(=O)N1CCCC1c1ccccn1. The van der Waals surface area contributed by atoms with Crippen LogP contribution in [0.15, 0.2) is 40.7 Å². The van der Waals surface area contributed by atoms with Gasteiger partial charge in [0.1, 0.15) is 9.77 Å². The summed E-state index contributed by atoms with van der Waals surface area (Å²) in [4.78, 5) is 18.8. The summed E-state index contributed by atoms with van der Waals surface area (Å²) in [6.07, 6.45) is 3.37. The van der Waals surface area contributed by atoms with E-state index >= 15 is 0 Å². The summed E-state index contributed by atoms with van der Waals surface area (Å²) in [5.41, 5.74) is 0.821. The van der Waals surface area contributed by atoms with E-state index in [0.717, 1.165) is 29.9 Å². The van der Waals surface area contributed by atoms with Crippen LogP contribution in [0.1, 0.15) is 34.2 Å². The van der Waals surface area contributed by atoms with Crippen molar-refractivity contribution in [2.45, 2.75) is 23.8 Å². The minimum absolute atomic E-state index is 0.103. The summed E-state index contributed by atoms with van der Waals surface area (Å²) < 4.78 is 23.2. The maximum atomic E-state index is 12.7. The Labute approximate surface area is 132 Å². The van der Waals surface area contributed by atoms with Crippen molar-refractivity contribution in [2.75, 3.05) is 6.54 Å². The van der Waals surface area contributed by atoms with Crippen LogP contribution in [0.2, 0.25) is 0 Å². The standard InChI is InChI=1S/C14H15N3O3S2/c15-22(19,20)12-6-9-21-13(12)14(18)17-8-3-5-11(17)10-4-1-2-7-16-10/h1-2,4,6-7,9,11H,3,5,8H2,(H2,15,19,20). The molecule has 3 heterocycles. The van der Waals surface area contributed by atoms with Gasteiger partial charge in [-0.3, -0.25) is 9.78 Å². The number of sulfonamides is 1. The molecular weight excluding hydrogens is 322 g/mol. The van der Waals surface area contributed by atoms with Crippen LogP contribution in [0.5, 0.6) is 0 Å². The fourth-order valence-electron chi connectivity index (χ4n) is 2.70. The number of rotatable bonds is 3. The molecule has 3 rings (SSSR count). The van der Waals surface area contributed by atoms with Crippen LogP contribution < -0.4 is 5.14 Å². The van der Waals surface area contributed by atoms with Crippen molar-refractivity contribution in [2.24, 2.45) is 5.14 Å². The van der Waals surface area contributed by atoms with Gasteiger partial charge in [0.25, 0.3) is 5.91 Å². The molecule has 2 aromatic rings. The van der Waals surface area contributed by atoms with E-state index in [2.05, 4.69) is 4.98 Å². The molecule has 2 aromatic heterocycles. The average molecular weight is 337 g/mol. The van der Waals surface area contributed by atoms with Gasteiger partial charge in [0.05, 0.1) is 11.7 Å². The molecule has 0 bridgehead atoms. The number of thiophene rings is 1. The normalized spacial score (nSPS) is 18.6. The van der Waals surface area contributed by atoms with Gasteiger partial charge in [0.2, 0.25) is 10.0 Å². The molecule has 8 heteroatoms. The van der Waals surface area contributed by atoms with Gasteiger partial charge in [0, 0.05) is 12.7 Å². The number of nitrogens with two attached hydrogens (primary N) is 1. The number of hydrogen-bond donors (Lipinski definition) is 1. The van der Waals surface area contributed by atoms with Crippen LogP contribution in [-0.4, -0.2) is 30.8 Å². The lowest BCUT2D eigenvalue weighted by Gasteiger charge is -2.24. The molecule has 1 fully saturated rings. The Morgan fingerprint density at radius 3 is 2.86 bits per heavy atom. The fourth-order valence-corrected chi connectivity index (χ4v) is 4.62. The van der Waals surface area contributed by atoms with E-state index in [-0.39, 0.29) is 21.7 Å². The molecule has 0 radical (unpaired) electrons. The van der Waals surface area contributed by atoms with Gasteiger partial charge in [-0.15, -0.1) is 11.3 Å². The van der Waals surface area contributed by atoms with Crippen LogP contribution in [0.25, 0.3) is 0 Å². The van der Waals surface area contributed by atoms with Gasteiger partial charge < -0.3 is 4.90 Å². The molecule has 1 aliphatic heterocycles. The van der Waals surface area contributed by atoms with E-state index in [4.69, 9.17) is 5.14 Å². The number of amides is 1. The molecule has 1 atom stereocenters. The van der Waals surface area contributed by atoms with E-state index in [0.29, 0.717) is 6.54 Å². The number of pyridine rings is 1. The van der Waals surface area contributed by atoms with Crippen LogP contribution in [0, 0.1) is 0 Å². The summed E-state index contributed by atoms with van der Waals surface area (Å²) in [5.74, 6) is -0.299. The second-order valence-electron chi connectivity index (χ2n) is 5.07.